The molecule has 0 saturated carbocycles. The van der Waals surface area contributed by atoms with Crippen molar-refractivity contribution in [2.75, 3.05) is 5.75 Å². The Morgan fingerprint density at radius 2 is 1.53 bits per heavy atom. The Labute approximate surface area is 116 Å². The van der Waals surface area contributed by atoms with Crippen LogP contribution in [0.1, 0.15) is 53.4 Å². The smallest absolute Gasteiger partial charge is 0.235 e. The standard InChI is InChI=1S/C13H25NO4S/c1-10(2)12(15)8-6-5-7-9-19(17,18)14-13(16)11(3)4/h10-11H,5-9H2,1-4H3,(H,14,16). The SMILES string of the molecule is CC(C)C(=O)CCCCCS(=O)(=O)NC(=O)C(C)C. The van der Waals surface area contributed by atoms with Crippen LogP contribution in [0.3, 0.4) is 0 Å². The van der Waals surface area contributed by atoms with Gasteiger partial charge in [-0.25, -0.2) is 8.42 Å². The van der Waals surface area contributed by atoms with Crippen molar-refractivity contribution >= 4 is 21.7 Å². The van der Waals surface area contributed by atoms with Crippen molar-refractivity contribution in [2.45, 2.75) is 53.4 Å². The number of nitrogens with one attached hydrogen (secondary N) is 1. The van der Waals surface area contributed by atoms with Gasteiger partial charge < -0.3 is 0 Å². The van der Waals surface area contributed by atoms with E-state index in [1.54, 1.807) is 13.8 Å². The fourth-order valence-electron chi connectivity index (χ4n) is 1.38. The molecule has 0 aromatic rings. The second kappa shape index (κ2) is 8.30. The average Bonchev–Trinajstić information content (AvgIpc) is 2.27. The quantitative estimate of drug-likeness (QED) is 0.658. The first-order valence-electron chi connectivity index (χ1n) is 6.72. The molecule has 0 bridgehead atoms. The summed E-state index contributed by atoms with van der Waals surface area (Å²) in [5.41, 5.74) is 0. The second-order valence-corrected chi connectivity index (χ2v) is 7.21. The zero-order valence-electron chi connectivity index (χ0n) is 12.2. The fraction of sp³-hybridized carbons (Fsp3) is 0.846. The van der Waals surface area contributed by atoms with E-state index in [0.29, 0.717) is 25.7 Å². The number of sulfonamides is 1. The maximum absolute atomic E-state index is 11.6. The summed E-state index contributed by atoms with van der Waals surface area (Å²) in [4.78, 5) is 22.6. The molecule has 19 heavy (non-hydrogen) atoms. The summed E-state index contributed by atoms with van der Waals surface area (Å²) in [5, 5.41) is 0. The van der Waals surface area contributed by atoms with E-state index in [4.69, 9.17) is 0 Å². The van der Waals surface area contributed by atoms with Crippen molar-refractivity contribution in [1.82, 2.24) is 4.72 Å². The van der Waals surface area contributed by atoms with E-state index < -0.39 is 15.9 Å². The largest absolute Gasteiger partial charge is 0.299 e. The first kappa shape index (κ1) is 18.1. The number of unbranched alkanes of at least 4 members (excludes halogenated alkanes) is 2. The summed E-state index contributed by atoms with van der Waals surface area (Å²) in [7, 11) is -3.53. The molecular weight excluding hydrogens is 266 g/mol. The van der Waals surface area contributed by atoms with Crippen LogP contribution in [0.5, 0.6) is 0 Å². The van der Waals surface area contributed by atoms with Gasteiger partial charge >= 0.3 is 0 Å². The van der Waals surface area contributed by atoms with Gasteiger partial charge in [-0.3, -0.25) is 14.3 Å². The summed E-state index contributed by atoms with van der Waals surface area (Å²) in [6.07, 6.45) is 2.34. The molecular formula is C13H25NO4S. The van der Waals surface area contributed by atoms with Gasteiger partial charge in [0.15, 0.2) is 0 Å². The van der Waals surface area contributed by atoms with Crippen molar-refractivity contribution in [2.24, 2.45) is 11.8 Å². The molecule has 6 heteroatoms. The van der Waals surface area contributed by atoms with E-state index in [9.17, 15) is 18.0 Å². The van der Waals surface area contributed by atoms with Crippen LogP contribution in [-0.2, 0) is 19.6 Å². The van der Waals surface area contributed by atoms with Crippen LogP contribution in [-0.4, -0.2) is 25.9 Å². The molecule has 0 fully saturated rings. The number of rotatable bonds is 9. The lowest BCUT2D eigenvalue weighted by molar-refractivity contribution is -0.122. The topological polar surface area (TPSA) is 80.3 Å². The van der Waals surface area contributed by atoms with Gasteiger partial charge in [-0.2, -0.15) is 0 Å². The number of hydrogen-bond donors (Lipinski definition) is 1. The van der Waals surface area contributed by atoms with Crippen molar-refractivity contribution in [3.63, 3.8) is 0 Å². The van der Waals surface area contributed by atoms with E-state index in [0.717, 1.165) is 0 Å². The van der Waals surface area contributed by atoms with Crippen LogP contribution in [0.2, 0.25) is 0 Å². The highest BCUT2D eigenvalue weighted by Crippen LogP contribution is 2.07. The minimum Gasteiger partial charge on any atom is -0.299 e. The zero-order chi connectivity index (χ0) is 15.1. The zero-order valence-corrected chi connectivity index (χ0v) is 13.0. The molecule has 0 radical (unpaired) electrons. The number of Topliss-reactive ketones (excluding diaryl/α,β-unsaturated/α-hetero) is 1. The molecule has 0 aliphatic carbocycles. The van der Waals surface area contributed by atoms with Crippen molar-refractivity contribution in [1.29, 1.82) is 0 Å². The van der Waals surface area contributed by atoms with Gasteiger partial charge in [0.2, 0.25) is 15.9 Å². The normalized spacial score (nSPS) is 11.9. The molecule has 1 N–H and O–H groups in total. The maximum atomic E-state index is 11.6. The monoisotopic (exact) mass is 291 g/mol. The molecule has 0 atom stereocenters. The predicted molar refractivity (Wildman–Crippen MR) is 75.1 cm³/mol. The Hall–Kier alpha value is -0.910. The van der Waals surface area contributed by atoms with Crippen molar-refractivity contribution < 1.29 is 18.0 Å². The molecule has 0 saturated heterocycles. The molecule has 0 rings (SSSR count). The third kappa shape index (κ3) is 8.75. The molecule has 1 amide bonds. The summed E-state index contributed by atoms with van der Waals surface area (Å²) in [6, 6.07) is 0. The molecule has 0 unspecified atom stereocenters. The number of amides is 1. The fourth-order valence-corrected chi connectivity index (χ4v) is 2.61. The number of carbonyl (C=O) groups is 2. The Balaban J connectivity index is 3.88. The Morgan fingerprint density at radius 3 is 2.00 bits per heavy atom. The average molecular weight is 291 g/mol. The molecule has 0 aromatic carbocycles. The van der Waals surface area contributed by atoms with Crippen molar-refractivity contribution in [3.8, 4) is 0 Å². The van der Waals surface area contributed by atoms with Crippen LogP contribution >= 0.6 is 0 Å². The van der Waals surface area contributed by atoms with Crippen LogP contribution in [0.4, 0.5) is 0 Å². The van der Waals surface area contributed by atoms with Gasteiger partial charge in [-0.1, -0.05) is 34.1 Å². The minimum absolute atomic E-state index is 0.0362. The lowest BCUT2D eigenvalue weighted by Crippen LogP contribution is -2.35. The number of ketones is 1. The first-order chi connectivity index (χ1) is 8.65. The van der Waals surface area contributed by atoms with Crippen LogP contribution < -0.4 is 4.72 Å². The number of carbonyl (C=O) groups excluding carboxylic acids is 2. The van der Waals surface area contributed by atoms with Gasteiger partial charge in [0.05, 0.1) is 5.75 Å². The lowest BCUT2D eigenvalue weighted by atomic mass is 10.0. The van der Waals surface area contributed by atoms with Gasteiger partial charge in [0, 0.05) is 18.3 Å². The third-order valence-corrected chi connectivity index (χ3v) is 4.10. The summed E-state index contributed by atoms with van der Waals surface area (Å²) < 4.78 is 25.1. The highest BCUT2D eigenvalue weighted by Gasteiger charge is 2.16. The minimum atomic E-state index is -3.53. The summed E-state index contributed by atoms with van der Waals surface area (Å²) in [6.45, 7) is 6.99. The van der Waals surface area contributed by atoms with E-state index >= 15 is 0 Å². The molecule has 0 aromatic heterocycles. The third-order valence-electron chi connectivity index (χ3n) is 2.76. The van der Waals surface area contributed by atoms with E-state index in [2.05, 4.69) is 0 Å². The van der Waals surface area contributed by atoms with Crippen LogP contribution in [0, 0.1) is 11.8 Å². The molecule has 0 aliphatic heterocycles. The number of hydrogen-bond acceptors (Lipinski definition) is 4. The van der Waals surface area contributed by atoms with Gasteiger partial charge in [-0.05, 0) is 12.8 Å². The lowest BCUT2D eigenvalue weighted by Gasteiger charge is -2.08. The van der Waals surface area contributed by atoms with Crippen LogP contribution in [0.25, 0.3) is 0 Å². The molecule has 0 aliphatic rings. The predicted octanol–water partition coefficient (Wildman–Crippen LogP) is 1.87. The van der Waals surface area contributed by atoms with Crippen LogP contribution in [0.15, 0.2) is 0 Å². The first-order valence-corrected chi connectivity index (χ1v) is 8.38. The van der Waals surface area contributed by atoms with Gasteiger partial charge in [0.1, 0.15) is 5.78 Å². The second-order valence-electron chi connectivity index (χ2n) is 5.37. The Bertz CT molecular complexity index is 399. The van der Waals surface area contributed by atoms with Gasteiger partial charge in [-0.15, -0.1) is 0 Å². The van der Waals surface area contributed by atoms with E-state index in [1.165, 1.54) is 0 Å². The summed E-state index contributed by atoms with van der Waals surface area (Å²) >= 11 is 0. The highest BCUT2D eigenvalue weighted by molar-refractivity contribution is 7.90. The van der Waals surface area contributed by atoms with Gasteiger partial charge in [0.25, 0.3) is 0 Å². The van der Waals surface area contributed by atoms with E-state index in [1.807, 2.05) is 18.6 Å². The Morgan fingerprint density at radius 1 is 0.947 bits per heavy atom. The van der Waals surface area contributed by atoms with Crippen molar-refractivity contribution in [3.05, 3.63) is 0 Å². The summed E-state index contributed by atoms with van der Waals surface area (Å²) in [5.74, 6) is -0.653. The molecule has 0 heterocycles. The highest BCUT2D eigenvalue weighted by atomic mass is 32.2. The Kier molecular flexibility index (Phi) is 7.90. The molecule has 112 valence electrons. The molecule has 5 nitrogen and oxygen atoms in total. The molecule has 0 spiro atoms. The maximum Gasteiger partial charge on any atom is 0.235 e. The van der Waals surface area contributed by atoms with E-state index in [-0.39, 0.29) is 23.4 Å².